The summed E-state index contributed by atoms with van der Waals surface area (Å²) in [5.74, 6) is 1.05. The Hall–Kier alpha value is -2.43. The average molecular weight is 312 g/mol. The molecule has 5 nitrogen and oxygen atoms in total. The minimum Gasteiger partial charge on any atom is -0.351 e. The number of para-hydroxylation sites is 1. The molecular formula is C18H24N4O. The zero-order valence-corrected chi connectivity index (χ0v) is 14.2. The molecule has 0 spiro atoms. The number of nitrogens with zero attached hydrogens (tertiary/aromatic N) is 2. The van der Waals surface area contributed by atoms with Crippen LogP contribution in [0, 0.1) is 20.8 Å². The van der Waals surface area contributed by atoms with E-state index in [0.29, 0.717) is 23.9 Å². The molecule has 0 radical (unpaired) electrons. The second-order valence-electron chi connectivity index (χ2n) is 5.69. The van der Waals surface area contributed by atoms with Crippen LogP contribution < -0.4 is 10.6 Å². The predicted molar refractivity (Wildman–Crippen MR) is 93.2 cm³/mol. The van der Waals surface area contributed by atoms with E-state index in [1.165, 1.54) is 0 Å². The van der Waals surface area contributed by atoms with Crippen LogP contribution in [0.3, 0.4) is 0 Å². The molecule has 0 unspecified atom stereocenters. The fourth-order valence-electron chi connectivity index (χ4n) is 2.36. The summed E-state index contributed by atoms with van der Waals surface area (Å²) >= 11 is 0. The highest BCUT2D eigenvalue weighted by atomic mass is 16.1. The van der Waals surface area contributed by atoms with E-state index in [-0.39, 0.29) is 5.91 Å². The van der Waals surface area contributed by atoms with Gasteiger partial charge in [0.05, 0.1) is 0 Å². The number of aryl methyl sites for hydroxylation is 3. The second-order valence-corrected chi connectivity index (χ2v) is 5.69. The van der Waals surface area contributed by atoms with E-state index >= 15 is 0 Å². The van der Waals surface area contributed by atoms with Gasteiger partial charge in [-0.1, -0.05) is 31.5 Å². The maximum Gasteiger partial charge on any atom is 0.270 e. The van der Waals surface area contributed by atoms with Gasteiger partial charge in [0.2, 0.25) is 0 Å². The fraction of sp³-hybridized carbons (Fsp3) is 0.389. The van der Waals surface area contributed by atoms with Gasteiger partial charge in [-0.2, -0.15) is 0 Å². The van der Waals surface area contributed by atoms with Gasteiger partial charge in [-0.15, -0.1) is 0 Å². The topological polar surface area (TPSA) is 66.9 Å². The number of carbonyl (C=O) groups excluding carboxylic acids is 1. The van der Waals surface area contributed by atoms with E-state index < -0.39 is 0 Å². The zero-order valence-electron chi connectivity index (χ0n) is 14.2. The molecule has 2 rings (SSSR count). The number of carbonyl (C=O) groups is 1. The summed E-state index contributed by atoms with van der Waals surface area (Å²) in [6, 6.07) is 7.80. The fourth-order valence-corrected chi connectivity index (χ4v) is 2.36. The molecule has 1 aromatic heterocycles. The first-order valence-electron chi connectivity index (χ1n) is 7.98. The number of unbranched alkanes of at least 4 members (excludes halogenated alkanes) is 1. The van der Waals surface area contributed by atoms with Crippen molar-refractivity contribution < 1.29 is 4.79 Å². The standard InChI is InChI=1S/C18H24N4O/c1-5-6-10-19-18(23)15-11-16(21-14(4)20-15)22-17-12(2)8-7-9-13(17)3/h7-9,11H,5-6,10H2,1-4H3,(H,19,23)(H,20,21,22). The van der Waals surface area contributed by atoms with Gasteiger partial charge in [0, 0.05) is 18.3 Å². The van der Waals surface area contributed by atoms with Crippen molar-refractivity contribution in [2.75, 3.05) is 11.9 Å². The number of anilines is 2. The summed E-state index contributed by atoms with van der Waals surface area (Å²) in [5, 5.41) is 6.20. The molecule has 0 aliphatic rings. The normalized spacial score (nSPS) is 10.4. The molecule has 5 heteroatoms. The van der Waals surface area contributed by atoms with Crippen LogP contribution in [-0.4, -0.2) is 22.4 Å². The van der Waals surface area contributed by atoms with Gasteiger partial charge in [0.1, 0.15) is 17.3 Å². The van der Waals surface area contributed by atoms with Gasteiger partial charge < -0.3 is 10.6 Å². The lowest BCUT2D eigenvalue weighted by Crippen LogP contribution is -2.25. The number of hydrogen-bond donors (Lipinski definition) is 2. The lowest BCUT2D eigenvalue weighted by molar-refractivity contribution is 0.0948. The van der Waals surface area contributed by atoms with Crippen molar-refractivity contribution in [3.63, 3.8) is 0 Å². The molecule has 1 heterocycles. The summed E-state index contributed by atoms with van der Waals surface area (Å²) in [6.07, 6.45) is 2.01. The van der Waals surface area contributed by atoms with Crippen LogP contribution in [-0.2, 0) is 0 Å². The van der Waals surface area contributed by atoms with Gasteiger partial charge >= 0.3 is 0 Å². The lowest BCUT2D eigenvalue weighted by atomic mass is 10.1. The molecule has 23 heavy (non-hydrogen) atoms. The number of benzene rings is 1. The monoisotopic (exact) mass is 312 g/mol. The molecule has 122 valence electrons. The summed E-state index contributed by atoms with van der Waals surface area (Å²) in [4.78, 5) is 20.8. The van der Waals surface area contributed by atoms with Crippen LogP contribution >= 0.6 is 0 Å². The van der Waals surface area contributed by atoms with E-state index in [9.17, 15) is 4.79 Å². The third kappa shape index (κ3) is 4.52. The van der Waals surface area contributed by atoms with Crippen LogP contribution in [0.5, 0.6) is 0 Å². The molecule has 0 fully saturated rings. The van der Waals surface area contributed by atoms with Crippen molar-refractivity contribution in [2.24, 2.45) is 0 Å². The van der Waals surface area contributed by atoms with E-state index in [2.05, 4.69) is 27.5 Å². The summed E-state index contributed by atoms with van der Waals surface area (Å²) in [5.41, 5.74) is 3.68. The average Bonchev–Trinajstić information content (AvgIpc) is 2.51. The third-order valence-electron chi connectivity index (χ3n) is 3.62. The molecule has 0 saturated heterocycles. The largest absolute Gasteiger partial charge is 0.351 e. The number of hydrogen-bond acceptors (Lipinski definition) is 4. The highest BCUT2D eigenvalue weighted by Gasteiger charge is 2.11. The van der Waals surface area contributed by atoms with Gasteiger partial charge in [-0.25, -0.2) is 9.97 Å². The Kier molecular flexibility index (Phi) is 5.68. The maximum atomic E-state index is 12.2. The summed E-state index contributed by atoms with van der Waals surface area (Å²) in [6.45, 7) is 8.63. The van der Waals surface area contributed by atoms with Gasteiger partial charge in [0.25, 0.3) is 5.91 Å². The van der Waals surface area contributed by atoms with Gasteiger partial charge in [0.15, 0.2) is 0 Å². The summed E-state index contributed by atoms with van der Waals surface area (Å²) in [7, 11) is 0. The Balaban J connectivity index is 2.22. The number of nitrogens with one attached hydrogen (secondary N) is 2. The maximum absolute atomic E-state index is 12.2. The number of aromatic nitrogens is 2. The summed E-state index contributed by atoms with van der Waals surface area (Å²) < 4.78 is 0. The van der Waals surface area contributed by atoms with Crippen LogP contribution in [0.15, 0.2) is 24.3 Å². The predicted octanol–water partition coefficient (Wildman–Crippen LogP) is 3.68. The first-order chi connectivity index (χ1) is 11.0. The minimum absolute atomic E-state index is 0.159. The Morgan fingerprint density at radius 1 is 1.13 bits per heavy atom. The highest BCUT2D eigenvalue weighted by molar-refractivity contribution is 5.93. The zero-order chi connectivity index (χ0) is 16.8. The number of amides is 1. The van der Waals surface area contributed by atoms with Crippen molar-refractivity contribution in [3.8, 4) is 0 Å². The Labute approximate surface area is 137 Å². The second kappa shape index (κ2) is 7.72. The minimum atomic E-state index is -0.159. The molecule has 0 aliphatic carbocycles. The Morgan fingerprint density at radius 3 is 2.48 bits per heavy atom. The van der Waals surface area contributed by atoms with Crippen molar-refractivity contribution in [2.45, 2.75) is 40.5 Å². The molecule has 0 atom stereocenters. The molecular weight excluding hydrogens is 288 g/mol. The van der Waals surface area contributed by atoms with Gasteiger partial charge in [-0.05, 0) is 38.3 Å². The van der Waals surface area contributed by atoms with E-state index in [1.807, 2.05) is 32.0 Å². The number of rotatable bonds is 6. The van der Waals surface area contributed by atoms with E-state index in [4.69, 9.17) is 0 Å². The van der Waals surface area contributed by atoms with E-state index in [0.717, 1.165) is 29.7 Å². The van der Waals surface area contributed by atoms with Gasteiger partial charge in [-0.3, -0.25) is 4.79 Å². The SMILES string of the molecule is CCCCNC(=O)c1cc(Nc2c(C)cccc2C)nc(C)n1. The third-order valence-corrected chi connectivity index (χ3v) is 3.62. The molecule has 2 aromatic rings. The molecule has 2 N–H and O–H groups in total. The van der Waals surface area contributed by atoms with Crippen LogP contribution in [0.4, 0.5) is 11.5 Å². The Morgan fingerprint density at radius 2 is 1.83 bits per heavy atom. The lowest BCUT2D eigenvalue weighted by Gasteiger charge is -2.13. The molecule has 0 bridgehead atoms. The molecule has 1 amide bonds. The van der Waals surface area contributed by atoms with Crippen LogP contribution in [0.25, 0.3) is 0 Å². The van der Waals surface area contributed by atoms with Crippen molar-refractivity contribution in [3.05, 3.63) is 46.9 Å². The first kappa shape index (κ1) is 16.9. The van der Waals surface area contributed by atoms with Crippen LogP contribution in [0.1, 0.15) is 47.2 Å². The van der Waals surface area contributed by atoms with Crippen molar-refractivity contribution in [1.29, 1.82) is 0 Å². The molecule has 1 aromatic carbocycles. The smallest absolute Gasteiger partial charge is 0.270 e. The quantitative estimate of drug-likeness (QED) is 0.799. The Bertz CT molecular complexity index is 677. The first-order valence-corrected chi connectivity index (χ1v) is 7.98. The molecule has 0 aliphatic heterocycles. The van der Waals surface area contributed by atoms with E-state index in [1.54, 1.807) is 13.0 Å². The highest BCUT2D eigenvalue weighted by Crippen LogP contribution is 2.23. The van der Waals surface area contributed by atoms with Crippen molar-refractivity contribution in [1.82, 2.24) is 15.3 Å². The van der Waals surface area contributed by atoms with Crippen LogP contribution in [0.2, 0.25) is 0 Å². The van der Waals surface area contributed by atoms with Crippen molar-refractivity contribution >= 4 is 17.4 Å². The molecule has 0 saturated carbocycles.